The second kappa shape index (κ2) is 6.75. The van der Waals surface area contributed by atoms with Crippen LogP contribution in [0.25, 0.3) is 10.9 Å². The summed E-state index contributed by atoms with van der Waals surface area (Å²) in [5.41, 5.74) is 0.431. The van der Waals surface area contributed by atoms with Gasteiger partial charge in [-0.1, -0.05) is 18.2 Å². The Morgan fingerprint density at radius 1 is 1.30 bits per heavy atom. The zero-order valence-corrected chi connectivity index (χ0v) is 15.3. The largest absolute Gasteiger partial charge is 0.464 e. The van der Waals surface area contributed by atoms with E-state index in [0.717, 1.165) is 18.2 Å². The Bertz CT molecular complexity index is 1100. The molecule has 0 saturated heterocycles. The number of para-hydroxylation sites is 1. The first-order chi connectivity index (χ1) is 13.0. The van der Waals surface area contributed by atoms with Gasteiger partial charge in [0.15, 0.2) is 5.69 Å². The molecule has 0 spiro atoms. The van der Waals surface area contributed by atoms with Gasteiger partial charge in [-0.2, -0.15) is 4.31 Å². The van der Waals surface area contributed by atoms with Gasteiger partial charge in [0.25, 0.3) is 0 Å². The summed E-state index contributed by atoms with van der Waals surface area (Å²) in [6.07, 6.45) is 4.27. The summed E-state index contributed by atoms with van der Waals surface area (Å²) in [6, 6.07) is 8.53. The van der Waals surface area contributed by atoms with Crippen LogP contribution in [0.3, 0.4) is 0 Å². The van der Waals surface area contributed by atoms with Crippen molar-refractivity contribution in [3.63, 3.8) is 0 Å². The topological polar surface area (TPSA) is 103 Å². The van der Waals surface area contributed by atoms with Gasteiger partial charge in [-0.3, -0.25) is 4.98 Å². The molecular weight excluding hydrogens is 370 g/mol. The molecule has 4 rings (SSSR count). The lowest BCUT2D eigenvalue weighted by Gasteiger charge is -2.21. The summed E-state index contributed by atoms with van der Waals surface area (Å²) < 4.78 is 38.0. The van der Waals surface area contributed by atoms with Gasteiger partial charge in [0.05, 0.1) is 19.2 Å². The molecule has 8 nitrogen and oxygen atoms in total. The first-order valence-electron chi connectivity index (χ1n) is 8.39. The van der Waals surface area contributed by atoms with Gasteiger partial charge in [-0.05, 0) is 25.0 Å². The Balaban J connectivity index is 1.71. The van der Waals surface area contributed by atoms with Gasteiger partial charge < -0.3 is 9.15 Å². The van der Waals surface area contributed by atoms with Crippen LogP contribution in [-0.2, 0) is 21.3 Å². The molecule has 2 aromatic heterocycles. The fourth-order valence-corrected chi connectivity index (χ4v) is 4.70. The molecule has 27 heavy (non-hydrogen) atoms. The van der Waals surface area contributed by atoms with Crippen LogP contribution in [0.5, 0.6) is 0 Å². The molecule has 1 aromatic carbocycles. The van der Waals surface area contributed by atoms with E-state index < -0.39 is 16.0 Å². The molecule has 1 aliphatic carbocycles. The second-order valence-corrected chi connectivity index (χ2v) is 8.09. The molecule has 0 N–H and O–H groups in total. The van der Waals surface area contributed by atoms with Crippen LogP contribution in [0.2, 0.25) is 0 Å². The average Bonchev–Trinajstić information content (AvgIpc) is 3.41. The number of carbonyl (C=O) groups excluding carboxylic acids is 1. The van der Waals surface area contributed by atoms with E-state index in [4.69, 9.17) is 4.42 Å². The second-order valence-electron chi connectivity index (χ2n) is 6.23. The van der Waals surface area contributed by atoms with Gasteiger partial charge in [-0.25, -0.2) is 18.2 Å². The number of sulfonamides is 1. The van der Waals surface area contributed by atoms with Gasteiger partial charge in [-0.15, -0.1) is 0 Å². The van der Waals surface area contributed by atoms with Crippen LogP contribution in [0.15, 0.2) is 52.1 Å². The molecule has 0 atom stereocenters. The summed E-state index contributed by atoms with van der Waals surface area (Å²) >= 11 is 0. The van der Waals surface area contributed by atoms with E-state index >= 15 is 0 Å². The number of rotatable bonds is 6. The summed E-state index contributed by atoms with van der Waals surface area (Å²) in [5.74, 6) is -0.497. The van der Waals surface area contributed by atoms with Gasteiger partial charge in [0.2, 0.25) is 15.9 Å². The SMILES string of the molecule is COC(=O)c1coc(CN(C2CC2)S(=O)(=O)c2cccc3cccnc23)n1. The Hall–Kier alpha value is -2.78. The van der Waals surface area contributed by atoms with Gasteiger partial charge in [0.1, 0.15) is 11.2 Å². The van der Waals surface area contributed by atoms with E-state index in [0.29, 0.717) is 5.52 Å². The van der Waals surface area contributed by atoms with E-state index in [-0.39, 0.29) is 29.1 Å². The molecule has 0 bridgehead atoms. The maximum absolute atomic E-state index is 13.4. The van der Waals surface area contributed by atoms with Crippen molar-refractivity contribution in [2.24, 2.45) is 0 Å². The first-order valence-corrected chi connectivity index (χ1v) is 9.83. The highest BCUT2D eigenvalue weighted by Crippen LogP contribution is 2.35. The highest BCUT2D eigenvalue weighted by Gasteiger charge is 2.40. The van der Waals surface area contributed by atoms with Gasteiger partial charge >= 0.3 is 5.97 Å². The number of nitrogens with zero attached hydrogens (tertiary/aromatic N) is 3. The molecule has 0 aliphatic heterocycles. The lowest BCUT2D eigenvalue weighted by atomic mass is 10.2. The lowest BCUT2D eigenvalue weighted by Crippen LogP contribution is -2.33. The van der Waals surface area contributed by atoms with Crippen molar-refractivity contribution in [2.45, 2.75) is 30.3 Å². The minimum absolute atomic E-state index is 0.00692. The monoisotopic (exact) mass is 387 g/mol. The van der Waals surface area contributed by atoms with E-state index in [1.54, 1.807) is 24.4 Å². The molecule has 1 saturated carbocycles. The van der Waals surface area contributed by atoms with Crippen LogP contribution in [0.1, 0.15) is 29.2 Å². The number of ether oxygens (including phenoxy) is 1. The first kappa shape index (κ1) is 17.6. The predicted octanol–water partition coefficient (Wildman–Crippen LogP) is 2.36. The van der Waals surface area contributed by atoms with Crippen molar-refractivity contribution in [1.82, 2.24) is 14.3 Å². The van der Waals surface area contributed by atoms with E-state index in [1.165, 1.54) is 17.7 Å². The number of oxazole rings is 1. The molecule has 0 radical (unpaired) electrons. The third kappa shape index (κ3) is 3.31. The molecule has 2 heterocycles. The predicted molar refractivity (Wildman–Crippen MR) is 95.3 cm³/mol. The molecule has 1 aliphatic rings. The summed E-state index contributed by atoms with van der Waals surface area (Å²) in [7, 11) is -2.58. The van der Waals surface area contributed by atoms with Crippen molar-refractivity contribution in [2.75, 3.05) is 7.11 Å². The molecule has 1 fully saturated rings. The maximum Gasteiger partial charge on any atom is 0.360 e. The number of hydrogen-bond donors (Lipinski definition) is 0. The minimum Gasteiger partial charge on any atom is -0.464 e. The van der Waals surface area contributed by atoms with Crippen molar-refractivity contribution in [3.05, 3.63) is 54.4 Å². The molecule has 0 amide bonds. The smallest absolute Gasteiger partial charge is 0.360 e. The third-order valence-electron chi connectivity index (χ3n) is 4.37. The molecule has 3 aromatic rings. The number of carbonyl (C=O) groups is 1. The van der Waals surface area contributed by atoms with Crippen LogP contribution in [0.4, 0.5) is 0 Å². The van der Waals surface area contributed by atoms with Crippen LogP contribution >= 0.6 is 0 Å². The number of benzene rings is 1. The van der Waals surface area contributed by atoms with Crippen molar-refractivity contribution >= 4 is 26.9 Å². The highest BCUT2D eigenvalue weighted by atomic mass is 32.2. The molecule has 0 unspecified atom stereocenters. The standard InChI is InChI=1S/C18H17N3O5S/c1-25-18(22)14-11-26-16(20-14)10-21(13-7-8-13)27(23,24)15-6-2-4-12-5-3-9-19-17(12)15/h2-6,9,11,13H,7-8,10H2,1H3. The highest BCUT2D eigenvalue weighted by molar-refractivity contribution is 7.89. The van der Waals surface area contributed by atoms with Crippen LogP contribution in [-0.4, -0.2) is 41.8 Å². The Kier molecular flexibility index (Phi) is 4.40. The zero-order valence-electron chi connectivity index (χ0n) is 14.5. The Morgan fingerprint density at radius 2 is 2.07 bits per heavy atom. The van der Waals surface area contributed by atoms with Crippen LogP contribution in [0, 0.1) is 0 Å². The Morgan fingerprint density at radius 3 is 2.81 bits per heavy atom. The number of pyridine rings is 1. The minimum atomic E-state index is -3.82. The average molecular weight is 387 g/mol. The van der Waals surface area contributed by atoms with Crippen molar-refractivity contribution in [3.8, 4) is 0 Å². The van der Waals surface area contributed by atoms with E-state index in [9.17, 15) is 13.2 Å². The van der Waals surface area contributed by atoms with Crippen LogP contribution < -0.4 is 0 Å². The maximum atomic E-state index is 13.4. The summed E-state index contributed by atoms with van der Waals surface area (Å²) in [4.78, 5) is 20.0. The number of methoxy groups -OCH3 is 1. The summed E-state index contributed by atoms with van der Waals surface area (Å²) in [6.45, 7) is -0.0623. The fourth-order valence-electron chi connectivity index (χ4n) is 2.90. The molecule has 140 valence electrons. The zero-order chi connectivity index (χ0) is 19.0. The number of fused-ring (bicyclic) bond motifs is 1. The quantitative estimate of drug-likeness (QED) is 0.598. The lowest BCUT2D eigenvalue weighted by molar-refractivity contribution is 0.0594. The molecular formula is C18H17N3O5S. The number of esters is 1. The van der Waals surface area contributed by atoms with Gasteiger partial charge in [0, 0.05) is 17.6 Å². The van der Waals surface area contributed by atoms with E-state index in [1.807, 2.05) is 12.1 Å². The molecule has 9 heteroatoms. The van der Waals surface area contributed by atoms with E-state index in [2.05, 4.69) is 14.7 Å². The van der Waals surface area contributed by atoms with Crippen molar-refractivity contribution < 1.29 is 22.4 Å². The fraction of sp³-hybridized carbons (Fsp3) is 0.278. The third-order valence-corrected chi connectivity index (χ3v) is 6.30. The normalized spacial score (nSPS) is 14.6. The summed E-state index contributed by atoms with van der Waals surface area (Å²) in [5, 5.41) is 0.749. The Labute approximate surface area is 155 Å². The number of hydrogen-bond acceptors (Lipinski definition) is 7. The van der Waals surface area contributed by atoms with Crippen molar-refractivity contribution in [1.29, 1.82) is 0 Å². The number of aromatic nitrogens is 2.